The Morgan fingerprint density at radius 1 is 1.37 bits per heavy atom. The number of esters is 1. The summed E-state index contributed by atoms with van der Waals surface area (Å²) in [7, 11) is 3.05. The van der Waals surface area contributed by atoms with E-state index < -0.39 is 17.0 Å². The molecule has 1 unspecified atom stereocenters. The van der Waals surface area contributed by atoms with E-state index in [2.05, 4.69) is 5.32 Å². The molecule has 1 aliphatic rings. The second-order valence-electron chi connectivity index (χ2n) is 4.90. The van der Waals surface area contributed by atoms with Crippen molar-refractivity contribution in [1.29, 1.82) is 0 Å². The zero-order valence-corrected chi connectivity index (χ0v) is 11.0. The highest BCUT2D eigenvalue weighted by molar-refractivity contribution is 5.79. The van der Waals surface area contributed by atoms with Crippen LogP contribution in [0.25, 0.3) is 0 Å². The summed E-state index contributed by atoms with van der Waals surface area (Å²) in [5.41, 5.74) is -0.111. The van der Waals surface area contributed by atoms with Crippen LogP contribution in [0.4, 0.5) is 8.78 Å². The van der Waals surface area contributed by atoms with Gasteiger partial charge in [-0.05, 0) is 37.6 Å². The molecule has 1 aromatic rings. The van der Waals surface area contributed by atoms with Crippen molar-refractivity contribution in [2.45, 2.75) is 25.3 Å². The van der Waals surface area contributed by atoms with Crippen molar-refractivity contribution in [3.63, 3.8) is 0 Å². The average Bonchev–Trinajstić information content (AvgIpc) is 2.36. The van der Waals surface area contributed by atoms with E-state index in [-0.39, 0.29) is 12.0 Å². The molecule has 1 aliphatic carbocycles. The highest BCUT2D eigenvalue weighted by atomic mass is 19.2. The van der Waals surface area contributed by atoms with Gasteiger partial charge in [-0.2, -0.15) is 0 Å². The Morgan fingerprint density at radius 3 is 2.47 bits per heavy atom. The molecular formula is C14H17F2NO2. The van der Waals surface area contributed by atoms with Gasteiger partial charge in [-0.3, -0.25) is 4.79 Å². The topological polar surface area (TPSA) is 38.3 Å². The number of nitrogens with one attached hydrogen (secondary N) is 1. The summed E-state index contributed by atoms with van der Waals surface area (Å²) in [6, 6.07) is 3.35. The lowest BCUT2D eigenvalue weighted by atomic mass is 9.62. The number of carbonyl (C=O) groups excluding carboxylic acids is 1. The smallest absolute Gasteiger partial charge is 0.313 e. The van der Waals surface area contributed by atoms with Crippen molar-refractivity contribution in [2.24, 2.45) is 5.41 Å². The van der Waals surface area contributed by atoms with Crippen LogP contribution in [0.2, 0.25) is 0 Å². The standard InChI is InChI=1S/C14H17F2NO2/c1-17-12(9-4-5-10(15)11(16)8-9)14(6-3-7-14)13(18)19-2/h4-5,8,12,17H,3,6-7H2,1-2H3. The largest absolute Gasteiger partial charge is 0.469 e. The number of ether oxygens (including phenoxy) is 1. The van der Waals surface area contributed by atoms with E-state index in [1.807, 2.05) is 0 Å². The summed E-state index contributed by atoms with van der Waals surface area (Å²) in [4.78, 5) is 12.0. The molecule has 104 valence electrons. The van der Waals surface area contributed by atoms with Gasteiger partial charge >= 0.3 is 5.97 Å². The SMILES string of the molecule is CNC(c1ccc(F)c(F)c1)C1(C(=O)OC)CCC1. The zero-order valence-electron chi connectivity index (χ0n) is 11.0. The first-order chi connectivity index (χ1) is 9.05. The lowest BCUT2D eigenvalue weighted by Gasteiger charge is -2.45. The fraction of sp³-hybridized carbons (Fsp3) is 0.500. The van der Waals surface area contributed by atoms with Crippen LogP contribution in [0.3, 0.4) is 0 Å². The first-order valence-corrected chi connectivity index (χ1v) is 6.26. The van der Waals surface area contributed by atoms with Gasteiger partial charge in [0.05, 0.1) is 12.5 Å². The molecular weight excluding hydrogens is 252 g/mol. The van der Waals surface area contributed by atoms with E-state index in [0.717, 1.165) is 18.6 Å². The second kappa shape index (κ2) is 5.25. The van der Waals surface area contributed by atoms with Crippen LogP contribution < -0.4 is 5.32 Å². The van der Waals surface area contributed by atoms with E-state index in [1.54, 1.807) is 7.05 Å². The summed E-state index contributed by atoms with van der Waals surface area (Å²) >= 11 is 0. The van der Waals surface area contributed by atoms with Gasteiger partial charge in [0.25, 0.3) is 0 Å². The first kappa shape index (κ1) is 13.9. The molecule has 0 bridgehead atoms. The van der Waals surface area contributed by atoms with E-state index in [9.17, 15) is 13.6 Å². The average molecular weight is 269 g/mol. The molecule has 1 fully saturated rings. The molecule has 0 saturated heterocycles. The first-order valence-electron chi connectivity index (χ1n) is 6.26. The fourth-order valence-electron chi connectivity index (χ4n) is 2.83. The summed E-state index contributed by atoms with van der Waals surface area (Å²) in [5.74, 6) is -2.10. The lowest BCUT2D eigenvalue weighted by molar-refractivity contribution is -0.161. The Labute approximate surface area is 111 Å². The van der Waals surface area contributed by atoms with Crippen LogP contribution in [0.5, 0.6) is 0 Å². The second-order valence-corrected chi connectivity index (χ2v) is 4.90. The number of hydrogen-bond acceptors (Lipinski definition) is 3. The molecule has 0 heterocycles. The quantitative estimate of drug-likeness (QED) is 0.854. The number of benzene rings is 1. The molecule has 1 atom stereocenters. The third kappa shape index (κ3) is 2.23. The molecule has 0 amide bonds. The predicted molar refractivity (Wildman–Crippen MR) is 66.5 cm³/mol. The van der Waals surface area contributed by atoms with E-state index in [4.69, 9.17) is 4.74 Å². The van der Waals surface area contributed by atoms with Gasteiger partial charge in [0.15, 0.2) is 11.6 Å². The Balaban J connectivity index is 2.38. The van der Waals surface area contributed by atoms with Gasteiger partial charge in [0.2, 0.25) is 0 Å². The zero-order chi connectivity index (χ0) is 14.0. The summed E-state index contributed by atoms with van der Waals surface area (Å²) in [6.07, 6.45) is 2.30. The number of rotatable bonds is 4. The minimum absolute atomic E-state index is 0.303. The van der Waals surface area contributed by atoms with E-state index in [0.29, 0.717) is 18.4 Å². The molecule has 0 aromatic heterocycles. The van der Waals surface area contributed by atoms with E-state index in [1.165, 1.54) is 13.2 Å². The maximum absolute atomic E-state index is 13.4. The van der Waals surface area contributed by atoms with Crippen molar-refractivity contribution in [3.05, 3.63) is 35.4 Å². The Hall–Kier alpha value is -1.49. The van der Waals surface area contributed by atoms with Crippen LogP contribution in [0, 0.1) is 17.0 Å². The van der Waals surface area contributed by atoms with Crippen molar-refractivity contribution < 1.29 is 18.3 Å². The Bertz CT molecular complexity index is 486. The maximum atomic E-state index is 13.4. The van der Waals surface area contributed by atoms with Crippen molar-refractivity contribution >= 4 is 5.97 Å². The third-order valence-electron chi connectivity index (χ3n) is 3.96. The minimum atomic E-state index is -0.905. The fourth-order valence-corrected chi connectivity index (χ4v) is 2.83. The normalized spacial score (nSPS) is 18.5. The van der Waals surface area contributed by atoms with E-state index >= 15 is 0 Å². The van der Waals surface area contributed by atoms with Crippen LogP contribution in [0.15, 0.2) is 18.2 Å². The molecule has 1 N–H and O–H groups in total. The summed E-state index contributed by atoms with van der Waals surface area (Å²) in [5, 5.41) is 3.03. The molecule has 1 aromatic carbocycles. The van der Waals surface area contributed by atoms with Gasteiger partial charge in [-0.25, -0.2) is 8.78 Å². The molecule has 5 heteroatoms. The van der Waals surface area contributed by atoms with Crippen LogP contribution in [0.1, 0.15) is 30.9 Å². The van der Waals surface area contributed by atoms with Crippen molar-refractivity contribution in [1.82, 2.24) is 5.32 Å². The number of halogens is 2. The van der Waals surface area contributed by atoms with Crippen molar-refractivity contribution in [2.75, 3.05) is 14.2 Å². The number of hydrogen-bond donors (Lipinski definition) is 1. The van der Waals surface area contributed by atoms with Crippen LogP contribution in [-0.4, -0.2) is 20.1 Å². The van der Waals surface area contributed by atoms with Gasteiger partial charge in [-0.1, -0.05) is 12.5 Å². The maximum Gasteiger partial charge on any atom is 0.313 e. The lowest BCUT2D eigenvalue weighted by Crippen LogP contribution is -2.48. The number of methoxy groups -OCH3 is 1. The van der Waals surface area contributed by atoms with Gasteiger partial charge in [0.1, 0.15) is 0 Å². The minimum Gasteiger partial charge on any atom is -0.469 e. The third-order valence-corrected chi connectivity index (χ3v) is 3.96. The Kier molecular flexibility index (Phi) is 3.85. The van der Waals surface area contributed by atoms with Gasteiger partial charge in [-0.15, -0.1) is 0 Å². The summed E-state index contributed by atoms with van der Waals surface area (Å²) in [6.45, 7) is 0. The van der Waals surface area contributed by atoms with Gasteiger partial charge in [0, 0.05) is 6.04 Å². The molecule has 19 heavy (non-hydrogen) atoms. The van der Waals surface area contributed by atoms with Crippen LogP contribution >= 0.6 is 0 Å². The Morgan fingerprint density at radius 2 is 2.05 bits per heavy atom. The molecule has 1 saturated carbocycles. The molecule has 0 aliphatic heterocycles. The highest BCUT2D eigenvalue weighted by Gasteiger charge is 2.51. The summed E-state index contributed by atoms with van der Waals surface area (Å²) < 4.78 is 31.2. The van der Waals surface area contributed by atoms with Crippen molar-refractivity contribution in [3.8, 4) is 0 Å². The highest BCUT2D eigenvalue weighted by Crippen LogP contribution is 2.51. The molecule has 3 nitrogen and oxygen atoms in total. The molecule has 0 radical (unpaired) electrons. The van der Waals surface area contributed by atoms with Crippen LogP contribution in [-0.2, 0) is 9.53 Å². The number of carbonyl (C=O) groups is 1. The predicted octanol–water partition coefficient (Wildman–Crippen LogP) is 2.57. The molecule has 0 spiro atoms. The molecule has 2 rings (SSSR count). The monoisotopic (exact) mass is 269 g/mol. The van der Waals surface area contributed by atoms with Gasteiger partial charge < -0.3 is 10.1 Å².